The number of ketones is 1. The number of thiophene rings is 1. The van der Waals surface area contributed by atoms with Gasteiger partial charge in [-0.1, -0.05) is 20.8 Å². The van der Waals surface area contributed by atoms with Crippen LogP contribution < -0.4 is 16.4 Å². The quantitative estimate of drug-likeness (QED) is 0.722. The second kappa shape index (κ2) is 7.28. The lowest BCUT2D eigenvalue weighted by atomic mass is 10.1. The van der Waals surface area contributed by atoms with Crippen molar-refractivity contribution in [2.45, 2.75) is 40.0 Å². The van der Waals surface area contributed by atoms with Crippen LogP contribution in [0.5, 0.6) is 0 Å². The molecule has 0 aliphatic carbocycles. The van der Waals surface area contributed by atoms with E-state index < -0.39 is 5.91 Å². The Kier molecular flexibility index (Phi) is 6.01. The van der Waals surface area contributed by atoms with E-state index in [1.165, 1.54) is 11.3 Å². The maximum absolute atomic E-state index is 11.9. The van der Waals surface area contributed by atoms with Gasteiger partial charge < -0.3 is 16.4 Å². The van der Waals surface area contributed by atoms with Gasteiger partial charge in [-0.25, -0.2) is 0 Å². The second-order valence-electron chi connectivity index (χ2n) is 4.65. The molecule has 4 N–H and O–H groups in total. The summed E-state index contributed by atoms with van der Waals surface area (Å²) in [5.74, 6) is -0.615. The summed E-state index contributed by atoms with van der Waals surface area (Å²) in [4.78, 5) is 26.2. The SMILES string of the molecule is CCCN(CCC)c1sc(C(=O)CC)c(N)c1C(N)=O. The maximum atomic E-state index is 11.9. The topological polar surface area (TPSA) is 89.4 Å². The molecule has 0 unspecified atom stereocenters. The molecule has 6 heteroatoms. The Morgan fingerprint density at radius 1 is 1.15 bits per heavy atom. The Morgan fingerprint density at radius 3 is 2.10 bits per heavy atom. The van der Waals surface area contributed by atoms with Gasteiger partial charge in [0.05, 0.1) is 16.1 Å². The van der Waals surface area contributed by atoms with Gasteiger partial charge in [0.25, 0.3) is 5.91 Å². The molecule has 0 atom stereocenters. The van der Waals surface area contributed by atoms with Gasteiger partial charge in [-0.3, -0.25) is 9.59 Å². The van der Waals surface area contributed by atoms with Crippen LogP contribution in [-0.2, 0) is 0 Å². The molecule has 1 rings (SSSR count). The summed E-state index contributed by atoms with van der Waals surface area (Å²) in [5.41, 5.74) is 12.0. The summed E-state index contributed by atoms with van der Waals surface area (Å²) in [6, 6.07) is 0. The fraction of sp³-hybridized carbons (Fsp3) is 0.571. The first-order valence-electron chi connectivity index (χ1n) is 6.97. The van der Waals surface area contributed by atoms with Gasteiger partial charge in [0.15, 0.2) is 5.78 Å². The molecule has 1 amide bonds. The largest absolute Gasteiger partial charge is 0.397 e. The van der Waals surface area contributed by atoms with Gasteiger partial charge in [-0.15, -0.1) is 11.3 Å². The van der Waals surface area contributed by atoms with Crippen molar-refractivity contribution in [1.82, 2.24) is 0 Å². The lowest BCUT2D eigenvalue weighted by Crippen LogP contribution is -2.27. The molecule has 0 aromatic carbocycles. The number of rotatable bonds is 8. The van der Waals surface area contributed by atoms with Crippen LogP contribution in [0.1, 0.15) is 60.1 Å². The number of anilines is 2. The van der Waals surface area contributed by atoms with E-state index in [1.807, 2.05) is 0 Å². The van der Waals surface area contributed by atoms with Crippen molar-refractivity contribution in [3.63, 3.8) is 0 Å². The zero-order valence-electron chi connectivity index (χ0n) is 12.4. The van der Waals surface area contributed by atoms with Gasteiger partial charge in [0.1, 0.15) is 5.00 Å². The molecule has 20 heavy (non-hydrogen) atoms. The van der Waals surface area contributed by atoms with Crippen molar-refractivity contribution in [1.29, 1.82) is 0 Å². The highest BCUT2D eigenvalue weighted by atomic mass is 32.1. The summed E-state index contributed by atoms with van der Waals surface area (Å²) in [5, 5.41) is 0.732. The van der Waals surface area contributed by atoms with Gasteiger partial charge >= 0.3 is 0 Å². The van der Waals surface area contributed by atoms with Crippen molar-refractivity contribution in [3.8, 4) is 0 Å². The molecule has 0 saturated heterocycles. The molecule has 0 saturated carbocycles. The summed E-state index contributed by atoms with van der Waals surface area (Å²) in [6.07, 6.45) is 2.27. The summed E-state index contributed by atoms with van der Waals surface area (Å²) >= 11 is 1.29. The number of primary amides is 1. The van der Waals surface area contributed by atoms with Crippen LogP contribution in [0.2, 0.25) is 0 Å². The van der Waals surface area contributed by atoms with Crippen LogP contribution >= 0.6 is 11.3 Å². The Balaban J connectivity index is 3.35. The molecule has 1 heterocycles. The van der Waals surface area contributed by atoms with Crippen molar-refractivity contribution < 1.29 is 9.59 Å². The number of Topliss-reactive ketones (excluding diaryl/α,β-unsaturated/α-hetero) is 1. The number of hydrogen-bond donors (Lipinski definition) is 2. The number of carbonyl (C=O) groups excluding carboxylic acids is 2. The average Bonchev–Trinajstić information content (AvgIpc) is 2.75. The molecule has 1 aromatic heterocycles. The molecular weight excluding hydrogens is 274 g/mol. The molecule has 0 radical (unpaired) electrons. The molecule has 0 aliphatic rings. The molecule has 0 bridgehead atoms. The van der Waals surface area contributed by atoms with Gasteiger partial charge in [0.2, 0.25) is 0 Å². The number of hydrogen-bond acceptors (Lipinski definition) is 5. The number of nitrogen functional groups attached to an aromatic ring is 1. The highest BCUT2D eigenvalue weighted by molar-refractivity contribution is 7.19. The molecule has 0 aliphatic heterocycles. The van der Waals surface area contributed by atoms with Gasteiger partial charge in [-0.2, -0.15) is 0 Å². The van der Waals surface area contributed by atoms with Crippen LogP contribution in [0.25, 0.3) is 0 Å². The number of nitrogens with two attached hydrogens (primary N) is 2. The highest BCUT2D eigenvalue weighted by Gasteiger charge is 2.26. The van der Waals surface area contributed by atoms with Crippen LogP contribution in [0.3, 0.4) is 0 Å². The summed E-state index contributed by atoms with van der Waals surface area (Å²) < 4.78 is 0. The lowest BCUT2D eigenvalue weighted by molar-refractivity contribution is 0.0991. The smallest absolute Gasteiger partial charge is 0.253 e. The first kappa shape index (κ1) is 16.5. The molecule has 0 fully saturated rings. The van der Waals surface area contributed by atoms with Crippen molar-refractivity contribution >= 4 is 33.7 Å². The number of nitrogens with zero attached hydrogens (tertiary/aromatic N) is 1. The fourth-order valence-electron chi connectivity index (χ4n) is 2.11. The number of carbonyl (C=O) groups is 2. The highest BCUT2D eigenvalue weighted by Crippen LogP contribution is 2.38. The minimum absolute atomic E-state index is 0.0470. The predicted octanol–water partition coefficient (Wildman–Crippen LogP) is 2.65. The predicted molar refractivity (Wildman–Crippen MR) is 84.7 cm³/mol. The average molecular weight is 297 g/mol. The first-order valence-corrected chi connectivity index (χ1v) is 7.79. The summed E-state index contributed by atoms with van der Waals surface area (Å²) in [6.45, 7) is 7.55. The Labute approximate surface area is 123 Å². The monoisotopic (exact) mass is 297 g/mol. The summed E-state index contributed by atoms with van der Waals surface area (Å²) in [7, 11) is 0. The van der Waals surface area contributed by atoms with Crippen LogP contribution in [0.15, 0.2) is 0 Å². The van der Waals surface area contributed by atoms with Crippen LogP contribution in [-0.4, -0.2) is 24.8 Å². The van der Waals surface area contributed by atoms with Crippen molar-refractivity contribution in [3.05, 3.63) is 10.4 Å². The van der Waals surface area contributed by atoms with E-state index in [0.29, 0.717) is 16.9 Å². The molecule has 5 nitrogen and oxygen atoms in total. The third-order valence-electron chi connectivity index (χ3n) is 3.02. The Bertz CT molecular complexity index is 491. The lowest BCUT2D eigenvalue weighted by Gasteiger charge is -2.22. The van der Waals surface area contributed by atoms with E-state index in [2.05, 4.69) is 18.7 Å². The number of amides is 1. The maximum Gasteiger partial charge on any atom is 0.253 e. The minimum Gasteiger partial charge on any atom is -0.397 e. The van der Waals surface area contributed by atoms with Gasteiger partial charge in [0, 0.05) is 19.5 Å². The van der Waals surface area contributed by atoms with E-state index in [-0.39, 0.29) is 11.5 Å². The van der Waals surface area contributed by atoms with Crippen molar-refractivity contribution in [2.75, 3.05) is 23.7 Å². The van der Waals surface area contributed by atoms with E-state index in [4.69, 9.17) is 11.5 Å². The Hall–Kier alpha value is -1.56. The van der Waals surface area contributed by atoms with Crippen molar-refractivity contribution in [2.24, 2.45) is 5.73 Å². The molecule has 1 aromatic rings. The molecular formula is C14H23N3O2S. The van der Waals surface area contributed by atoms with E-state index in [9.17, 15) is 9.59 Å². The third kappa shape index (κ3) is 3.30. The van der Waals surface area contributed by atoms with Crippen LogP contribution in [0, 0.1) is 0 Å². The fourth-order valence-corrected chi connectivity index (χ4v) is 3.40. The van der Waals surface area contributed by atoms with E-state index in [0.717, 1.165) is 30.9 Å². The second-order valence-corrected chi connectivity index (χ2v) is 5.65. The molecule has 0 spiro atoms. The van der Waals surface area contributed by atoms with Crippen LogP contribution in [0.4, 0.5) is 10.7 Å². The van der Waals surface area contributed by atoms with Gasteiger partial charge in [-0.05, 0) is 12.8 Å². The van der Waals surface area contributed by atoms with E-state index in [1.54, 1.807) is 6.92 Å². The zero-order chi connectivity index (χ0) is 15.3. The zero-order valence-corrected chi connectivity index (χ0v) is 13.2. The normalized spacial score (nSPS) is 10.6. The minimum atomic E-state index is -0.568. The first-order chi connectivity index (χ1) is 9.47. The standard InChI is InChI=1S/C14H23N3O2S/c1-4-7-17(8-5-2)14-10(13(16)19)11(15)12(20-14)9(18)6-3/h4-8,15H2,1-3H3,(H2,16,19). The third-order valence-corrected chi connectivity index (χ3v) is 4.33. The Morgan fingerprint density at radius 2 is 1.70 bits per heavy atom. The van der Waals surface area contributed by atoms with E-state index >= 15 is 0 Å². The molecule has 112 valence electrons.